The zero-order valence-electron chi connectivity index (χ0n) is 20.1. The highest BCUT2D eigenvalue weighted by molar-refractivity contribution is 5.66. The predicted molar refractivity (Wildman–Crippen MR) is 128 cm³/mol. The van der Waals surface area contributed by atoms with Crippen LogP contribution in [0, 0.1) is 34.5 Å². The van der Waals surface area contributed by atoms with E-state index in [1.165, 1.54) is 31.2 Å². The standard InChI is InChI=1S/C29H40O3/c1-20(30)32-23-12-15-27(2)22(19-23)9-10-24-25(27)13-16-28(3)26(24)14-18-29(28,31)17-11-21-7-5-4-6-8-21/h4-8,11,17,22-26,31H,9-10,12-16,18-19H2,1-3H3/b17-11+/t22-,23+,24+,25-,26+,27-,28+,29-/m0/s1. The van der Waals surface area contributed by atoms with E-state index in [-0.39, 0.29) is 17.5 Å². The summed E-state index contributed by atoms with van der Waals surface area (Å²) in [6, 6.07) is 10.4. The van der Waals surface area contributed by atoms with E-state index in [0.29, 0.717) is 17.3 Å². The Labute approximate surface area is 193 Å². The predicted octanol–water partition coefficient (Wildman–Crippen LogP) is 6.41. The first-order valence-corrected chi connectivity index (χ1v) is 12.9. The number of hydrogen-bond donors (Lipinski definition) is 1. The number of carbonyl (C=O) groups excluding carboxylic acids is 1. The molecule has 0 aliphatic heterocycles. The highest BCUT2D eigenvalue weighted by Gasteiger charge is 2.64. The van der Waals surface area contributed by atoms with E-state index in [0.717, 1.165) is 43.9 Å². The molecule has 4 fully saturated rings. The Morgan fingerprint density at radius 2 is 1.75 bits per heavy atom. The van der Waals surface area contributed by atoms with Crippen LogP contribution in [0.15, 0.2) is 36.4 Å². The van der Waals surface area contributed by atoms with Crippen LogP contribution < -0.4 is 0 Å². The van der Waals surface area contributed by atoms with Crippen LogP contribution in [0.3, 0.4) is 0 Å². The molecule has 3 nitrogen and oxygen atoms in total. The molecular weight excluding hydrogens is 396 g/mol. The number of aliphatic hydroxyl groups is 1. The van der Waals surface area contributed by atoms with Gasteiger partial charge in [0.1, 0.15) is 6.10 Å². The Kier molecular flexibility index (Phi) is 5.55. The van der Waals surface area contributed by atoms with Gasteiger partial charge in [-0.05, 0) is 92.4 Å². The second kappa shape index (κ2) is 8.01. The molecule has 0 heterocycles. The van der Waals surface area contributed by atoms with Crippen molar-refractivity contribution in [2.45, 2.75) is 90.3 Å². The average molecular weight is 437 g/mol. The fourth-order valence-corrected chi connectivity index (χ4v) is 8.68. The van der Waals surface area contributed by atoms with Crippen LogP contribution in [0.2, 0.25) is 0 Å². The topological polar surface area (TPSA) is 46.5 Å². The molecule has 0 saturated heterocycles. The van der Waals surface area contributed by atoms with Gasteiger partial charge in [0.25, 0.3) is 0 Å². The molecule has 1 aromatic rings. The van der Waals surface area contributed by atoms with E-state index in [2.05, 4.69) is 50.3 Å². The molecule has 3 heteroatoms. The van der Waals surface area contributed by atoms with Crippen LogP contribution in [-0.2, 0) is 9.53 Å². The Balaban J connectivity index is 1.35. The summed E-state index contributed by atoms with van der Waals surface area (Å²) < 4.78 is 5.62. The number of esters is 1. The largest absolute Gasteiger partial charge is 0.463 e. The quantitative estimate of drug-likeness (QED) is 0.557. The molecule has 4 aliphatic rings. The lowest BCUT2D eigenvalue weighted by atomic mass is 9.44. The Morgan fingerprint density at radius 3 is 2.50 bits per heavy atom. The molecule has 4 aliphatic carbocycles. The average Bonchev–Trinajstić information content (AvgIpc) is 3.04. The number of hydrogen-bond acceptors (Lipinski definition) is 3. The van der Waals surface area contributed by atoms with Gasteiger partial charge in [-0.15, -0.1) is 0 Å². The number of fused-ring (bicyclic) bond motifs is 5. The monoisotopic (exact) mass is 436 g/mol. The molecule has 4 saturated carbocycles. The first kappa shape index (κ1) is 22.2. The molecule has 0 amide bonds. The lowest BCUT2D eigenvalue weighted by Crippen LogP contribution is -2.56. The van der Waals surface area contributed by atoms with Crippen LogP contribution in [-0.4, -0.2) is 22.8 Å². The van der Waals surface area contributed by atoms with Gasteiger partial charge in [-0.3, -0.25) is 4.79 Å². The third kappa shape index (κ3) is 3.47. The van der Waals surface area contributed by atoms with Crippen molar-refractivity contribution in [2.24, 2.45) is 34.5 Å². The van der Waals surface area contributed by atoms with Gasteiger partial charge >= 0.3 is 5.97 Å². The number of rotatable bonds is 3. The highest BCUT2D eigenvalue weighted by atomic mass is 16.5. The lowest BCUT2D eigenvalue weighted by molar-refractivity contribution is -0.164. The van der Waals surface area contributed by atoms with Gasteiger partial charge in [0.15, 0.2) is 0 Å². The molecule has 174 valence electrons. The van der Waals surface area contributed by atoms with Crippen molar-refractivity contribution < 1.29 is 14.6 Å². The minimum absolute atomic E-state index is 0.0302. The second-order valence-corrected chi connectivity index (χ2v) is 11.8. The van der Waals surface area contributed by atoms with Crippen molar-refractivity contribution in [1.82, 2.24) is 0 Å². The summed E-state index contributed by atoms with van der Waals surface area (Å²) in [5.41, 5.74) is 0.793. The first-order chi connectivity index (χ1) is 15.3. The van der Waals surface area contributed by atoms with Gasteiger partial charge in [-0.1, -0.05) is 56.3 Å². The second-order valence-electron chi connectivity index (χ2n) is 11.8. The molecule has 0 radical (unpaired) electrons. The molecule has 8 atom stereocenters. The van der Waals surface area contributed by atoms with Gasteiger partial charge in [0, 0.05) is 12.3 Å². The lowest BCUT2D eigenvalue weighted by Gasteiger charge is -2.61. The molecule has 32 heavy (non-hydrogen) atoms. The summed E-state index contributed by atoms with van der Waals surface area (Å²) >= 11 is 0. The molecule has 0 aromatic heterocycles. The summed E-state index contributed by atoms with van der Waals surface area (Å²) in [4.78, 5) is 11.5. The third-order valence-electron chi connectivity index (χ3n) is 10.5. The van der Waals surface area contributed by atoms with Crippen molar-refractivity contribution >= 4 is 12.0 Å². The fourth-order valence-electron chi connectivity index (χ4n) is 8.68. The minimum Gasteiger partial charge on any atom is -0.463 e. The Bertz CT molecular complexity index is 878. The van der Waals surface area contributed by atoms with E-state index in [4.69, 9.17) is 4.74 Å². The van der Waals surface area contributed by atoms with Crippen molar-refractivity contribution in [3.05, 3.63) is 42.0 Å². The molecule has 0 spiro atoms. The molecule has 5 rings (SSSR count). The smallest absolute Gasteiger partial charge is 0.302 e. The summed E-state index contributed by atoms with van der Waals surface area (Å²) in [7, 11) is 0. The van der Waals surface area contributed by atoms with Crippen molar-refractivity contribution in [1.29, 1.82) is 0 Å². The zero-order chi connectivity index (χ0) is 22.6. The number of benzene rings is 1. The highest BCUT2D eigenvalue weighted by Crippen LogP contribution is 2.68. The van der Waals surface area contributed by atoms with Crippen molar-refractivity contribution in [3.8, 4) is 0 Å². The van der Waals surface area contributed by atoms with E-state index < -0.39 is 5.60 Å². The van der Waals surface area contributed by atoms with E-state index in [9.17, 15) is 9.90 Å². The maximum Gasteiger partial charge on any atom is 0.302 e. The Morgan fingerprint density at radius 1 is 1.00 bits per heavy atom. The molecule has 0 unspecified atom stereocenters. The molecule has 1 aromatic carbocycles. The summed E-state index contributed by atoms with van der Waals surface area (Å²) in [6.07, 6.45) is 14.5. The first-order valence-electron chi connectivity index (χ1n) is 12.9. The van der Waals surface area contributed by atoms with Gasteiger partial charge in [0.2, 0.25) is 0 Å². The maximum atomic E-state index is 11.9. The van der Waals surface area contributed by atoms with Crippen molar-refractivity contribution in [3.63, 3.8) is 0 Å². The van der Waals surface area contributed by atoms with Crippen molar-refractivity contribution in [2.75, 3.05) is 0 Å². The minimum atomic E-state index is -0.705. The normalized spacial score (nSPS) is 45.7. The van der Waals surface area contributed by atoms with Crippen LogP contribution in [0.5, 0.6) is 0 Å². The molecular formula is C29H40O3. The molecule has 1 N–H and O–H groups in total. The van der Waals surface area contributed by atoms with Crippen LogP contribution >= 0.6 is 0 Å². The molecule has 0 bridgehead atoms. The maximum absolute atomic E-state index is 11.9. The van der Waals surface area contributed by atoms with E-state index in [1.54, 1.807) is 6.92 Å². The summed E-state index contributed by atoms with van der Waals surface area (Å²) in [5, 5.41) is 11.9. The fraction of sp³-hybridized carbons (Fsp3) is 0.690. The van der Waals surface area contributed by atoms with E-state index >= 15 is 0 Å². The Hall–Kier alpha value is -1.61. The van der Waals surface area contributed by atoms with Gasteiger partial charge in [0.05, 0.1) is 5.60 Å². The SMILES string of the molecule is CC(=O)O[C@@H]1CC[C@@]2(C)[C@@H](CC[C@H]3[C@H]4CC[C@@](O)(/C=C/c5ccccc5)[C@]4(C)CC[C@@H]32)C1. The van der Waals surface area contributed by atoms with Gasteiger partial charge < -0.3 is 9.84 Å². The van der Waals surface area contributed by atoms with Gasteiger partial charge in [-0.25, -0.2) is 0 Å². The zero-order valence-corrected chi connectivity index (χ0v) is 20.1. The summed E-state index contributed by atoms with van der Waals surface area (Å²) in [6.45, 7) is 6.46. The summed E-state index contributed by atoms with van der Waals surface area (Å²) in [5.74, 6) is 2.62. The number of carbonyl (C=O) groups is 1. The van der Waals surface area contributed by atoms with Crippen LogP contribution in [0.25, 0.3) is 6.08 Å². The van der Waals surface area contributed by atoms with Crippen LogP contribution in [0.4, 0.5) is 0 Å². The van der Waals surface area contributed by atoms with Gasteiger partial charge in [-0.2, -0.15) is 0 Å². The number of ether oxygens (including phenoxy) is 1. The van der Waals surface area contributed by atoms with Crippen LogP contribution in [0.1, 0.15) is 84.1 Å². The third-order valence-corrected chi connectivity index (χ3v) is 10.5. The van der Waals surface area contributed by atoms with E-state index in [1.807, 2.05) is 6.07 Å².